The third-order valence-corrected chi connectivity index (χ3v) is 7.16. The third kappa shape index (κ3) is 5.91. The van der Waals surface area contributed by atoms with E-state index >= 15 is 0 Å². The maximum atomic E-state index is 14.6. The van der Waals surface area contributed by atoms with Crippen molar-refractivity contribution in [3.05, 3.63) is 69.5 Å². The number of hydrogen-bond acceptors (Lipinski definition) is 4. The highest BCUT2D eigenvalue weighted by Crippen LogP contribution is 2.42. The van der Waals surface area contributed by atoms with Crippen LogP contribution in [0, 0.1) is 5.82 Å². The Labute approximate surface area is 226 Å². The summed E-state index contributed by atoms with van der Waals surface area (Å²) in [5.41, 5.74) is -0.921. The van der Waals surface area contributed by atoms with Crippen molar-refractivity contribution in [2.45, 2.75) is 57.6 Å². The molecule has 2 heterocycles. The molecule has 0 N–H and O–H groups in total. The molecule has 40 heavy (non-hydrogen) atoms. The second-order valence-electron chi connectivity index (χ2n) is 10.1. The number of alkyl halides is 6. The van der Waals surface area contributed by atoms with E-state index in [-0.39, 0.29) is 30.9 Å². The summed E-state index contributed by atoms with van der Waals surface area (Å²) in [5, 5.41) is 0. The minimum absolute atomic E-state index is 0.0284. The van der Waals surface area contributed by atoms with Crippen LogP contribution >= 0.6 is 0 Å². The summed E-state index contributed by atoms with van der Waals surface area (Å²) in [7, 11) is 1.40. The second-order valence-corrected chi connectivity index (χ2v) is 10.1. The molecule has 0 saturated carbocycles. The number of ether oxygens (including phenoxy) is 3. The molecule has 0 unspecified atom stereocenters. The monoisotopic (exact) mass is 575 g/mol. The number of methoxy groups -OCH3 is 1. The highest BCUT2D eigenvalue weighted by molar-refractivity contribution is 5.77. The van der Waals surface area contributed by atoms with Crippen LogP contribution in [-0.4, -0.2) is 43.9 Å². The van der Waals surface area contributed by atoms with E-state index in [0.29, 0.717) is 41.9 Å². The van der Waals surface area contributed by atoms with Gasteiger partial charge in [-0.1, -0.05) is 13.8 Å². The summed E-state index contributed by atoms with van der Waals surface area (Å²) in [5.74, 6) is -0.268. The van der Waals surface area contributed by atoms with Gasteiger partial charge in [0, 0.05) is 18.2 Å². The molecule has 12 heteroatoms. The van der Waals surface area contributed by atoms with Crippen LogP contribution in [0.2, 0.25) is 0 Å². The lowest BCUT2D eigenvalue weighted by molar-refractivity contribution is -0.143. The first-order chi connectivity index (χ1) is 18.6. The Kier molecular flexibility index (Phi) is 8.13. The Morgan fingerprint density at radius 2 is 1.65 bits per heavy atom. The van der Waals surface area contributed by atoms with Gasteiger partial charge in [-0.25, -0.2) is 9.18 Å². The Morgan fingerprint density at radius 1 is 1.02 bits per heavy atom. The molecule has 0 aliphatic carbocycles. The normalized spacial score (nSPS) is 20.4. The first-order valence-corrected chi connectivity index (χ1v) is 12.5. The number of carbonyl (C=O) groups excluding carboxylic acids is 1. The molecule has 0 aromatic heterocycles. The molecular weight excluding hydrogens is 547 g/mol. The van der Waals surface area contributed by atoms with Gasteiger partial charge in [-0.05, 0) is 65.8 Å². The van der Waals surface area contributed by atoms with Crippen LogP contribution in [0.4, 0.5) is 35.5 Å². The minimum Gasteiger partial charge on any atom is -0.496 e. The van der Waals surface area contributed by atoms with E-state index in [1.54, 1.807) is 6.07 Å². The fourth-order valence-corrected chi connectivity index (χ4v) is 5.03. The van der Waals surface area contributed by atoms with Crippen molar-refractivity contribution in [3.63, 3.8) is 0 Å². The molecule has 2 aromatic carbocycles. The van der Waals surface area contributed by atoms with Crippen molar-refractivity contribution < 1.29 is 49.7 Å². The van der Waals surface area contributed by atoms with Gasteiger partial charge in [-0.15, -0.1) is 0 Å². The molecule has 218 valence electrons. The van der Waals surface area contributed by atoms with E-state index in [1.165, 1.54) is 25.0 Å². The molecule has 1 amide bonds. The number of halogens is 7. The summed E-state index contributed by atoms with van der Waals surface area (Å²) in [6, 6.07) is 3.24. The van der Waals surface area contributed by atoms with E-state index in [2.05, 4.69) is 0 Å². The quantitative estimate of drug-likeness (QED) is 0.331. The highest BCUT2D eigenvalue weighted by Gasteiger charge is 2.43. The number of carbonyl (C=O) groups is 1. The van der Waals surface area contributed by atoms with Gasteiger partial charge in [0.1, 0.15) is 17.7 Å². The molecule has 0 spiro atoms. The lowest BCUT2D eigenvalue weighted by Gasteiger charge is -2.28. The number of rotatable bonds is 6. The zero-order valence-electron chi connectivity index (χ0n) is 22.2. The van der Waals surface area contributed by atoms with Crippen molar-refractivity contribution in [1.29, 1.82) is 0 Å². The van der Waals surface area contributed by atoms with E-state index < -0.39 is 53.1 Å². The first-order valence-electron chi connectivity index (χ1n) is 12.5. The van der Waals surface area contributed by atoms with Gasteiger partial charge in [-0.3, -0.25) is 4.90 Å². The predicted octanol–water partition coefficient (Wildman–Crippen LogP) is 7.75. The van der Waals surface area contributed by atoms with Crippen molar-refractivity contribution in [2.75, 3.05) is 26.9 Å². The van der Waals surface area contributed by atoms with Gasteiger partial charge in [0.2, 0.25) is 0 Å². The molecule has 2 aliphatic rings. The maximum absolute atomic E-state index is 14.6. The molecule has 5 nitrogen and oxygen atoms in total. The van der Waals surface area contributed by atoms with Crippen molar-refractivity contribution in [1.82, 2.24) is 4.90 Å². The smallest absolute Gasteiger partial charge is 0.416 e. The molecule has 2 aromatic rings. The number of amides is 1. The minimum atomic E-state index is -5.04. The molecule has 1 saturated heterocycles. The van der Waals surface area contributed by atoms with Gasteiger partial charge in [0.05, 0.1) is 37.5 Å². The second kappa shape index (κ2) is 10.9. The van der Waals surface area contributed by atoms with E-state index in [4.69, 9.17) is 14.2 Å². The largest absolute Gasteiger partial charge is 0.496 e. The lowest BCUT2D eigenvalue weighted by Crippen LogP contribution is -2.35. The molecule has 0 radical (unpaired) electrons. The van der Waals surface area contributed by atoms with Crippen LogP contribution in [0.5, 0.6) is 5.75 Å². The van der Waals surface area contributed by atoms with Gasteiger partial charge >= 0.3 is 18.4 Å². The first kappa shape index (κ1) is 29.7. The van der Waals surface area contributed by atoms with Crippen LogP contribution in [0.25, 0.3) is 5.57 Å². The Morgan fingerprint density at radius 3 is 2.20 bits per heavy atom. The van der Waals surface area contributed by atoms with Crippen LogP contribution in [0.1, 0.15) is 67.0 Å². The van der Waals surface area contributed by atoms with Crippen LogP contribution in [0.15, 0.2) is 35.9 Å². The van der Waals surface area contributed by atoms with Gasteiger partial charge in [0.15, 0.2) is 0 Å². The summed E-state index contributed by atoms with van der Waals surface area (Å²) in [6.07, 6.45) is -11.9. The summed E-state index contributed by atoms with van der Waals surface area (Å²) in [4.78, 5) is 14.1. The van der Waals surface area contributed by atoms with Gasteiger partial charge < -0.3 is 14.2 Å². The van der Waals surface area contributed by atoms with Crippen molar-refractivity contribution in [3.8, 4) is 5.75 Å². The number of cyclic esters (lactones) is 1. The molecule has 1 fully saturated rings. The van der Waals surface area contributed by atoms with Crippen LogP contribution in [-0.2, 0) is 21.8 Å². The predicted molar refractivity (Wildman–Crippen MR) is 131 cm³/mol. The van der Waals surface area contributed by atoms with Crippen molar-refractivity contribution >= 4 is 11.7 Å². The van der Waals surface area contributed by atoms with E-state index in [9.17, 15) is 35.5 Å². The van der Waals surface area contributed by atoms with Crippen LogP contribution in [0.3, 0.4) is 0 Å². The van der Waals surface area contributed by atoms with Gasteiger partial charge in [0.25, 0.3) is 0 Å². The summed E-state index contributed by atoms with van der Waals surface area (Å²) < 4.78 is 111. The zero-order chi connectivity index (χ0) is 29.6. The SMILES string of the molecule is COc1cc(F)c(C(C)C)cc1C1=C(CN2C(=O)O[C@H](c3cc(C(F)(F)F)cc(C(F)(F)F)c3)[C@@H]2C)COCC1. The number of nitrogens with zero attached hydrogens (tertiary/aromatic N) is 1. The van der Waals surface area contributed by atoms with E-state index in [0.717, 1.165) is 5.57 Å². The maximum Gasteiger partial charge on any atom is 0.416 e. The average Bonchev–Trinajstić information content (AvgIpc) is 3.15. The highest BCUT2D eigenvalue weighted by atomic mass is 19.4. The molecule has 2 aliphatic heterocycles. The van der Waals surface area contributed by atoms with Gasteiger partial charge in [-0.2, -0.15) is 26.3 Å². The number of benzene rings is 2. The Hall–Kier alpha value is -3.28. The van der Waals surface area contributed by atoms with Crippen LogP contribution < -0.4 is 4.74 Å². The molecule has 2 atom stereocenters. The Balaban J connectivity index is 1.71. The average molecular weight is 576 g/mol. The molecular formula is C28H28F7NO4. The fraction of sp³-hybridized carbons (Fsp3) is 0.464. The third-order valence-electron chi connectivity index (χ3n) is 7.16. The summed E-state index contributed by atoms with van der Waals surface area (Å²) in [6.45, 7) is 5.57. The Bertz CT molecular complexity index is 1280. The standard InChI is InChI=1S/C28H28F7NO4/c1-14(2)21-10-22(24(38-4)11-23(21)29)20-5-6-39-13-17(20)12-36-15(3)25(40-26(36)37)16-7-18(27(30,31)32)9-19(8-16)28(33,34)35/h7-11,14-15,25H,5-6,12-13H2,1-4H3/t15-,25-/m0/s1. The molecule has 0 bridgehead atoms. The van der Waals surface area contributed by atoms with E-state index in [1.807, 2.05) is 13.8 Å². The van der Waals surface area contributed by atoms with Crippen molar-refractivity contribution in [2.24, 2.45) is 0 Å². The lowest BCUT2D eigenvalue weighted by atomic mass is 9.90. The molecule has 4 rings (SSSR count). The topological polar surface area (TPSA) is 48.0 Å². The summed E-state index contributed by atoms with van der Waals surface area (Å²) >= 11 is 0. The fourth-order valence-electron chi connectivity index (χ4n) is 5.03. The number of hydrogen-bond donors (Lipinski definition) is 0. The zero-order valence-corrected chi connectivity index (χ0v) is 22.2.